The van der Waals surface area contributed by atoms with Gasteiger partial charge in [-0.3, -0.25) is 4.79 Å². The molecule has 5 nitrogen and oxygen atoms in total. The first-order chi connectivity index (χ1) is 8.63. The smallest absolute Gasteiger partial charge is 0.225 e. The van der Waals surface area contributed by atoms with E-state index in [1.165, 1.54) is 11.3 Å². The molecular weight excluding hydrogens is 272 g/mol. The molecule has 0 saturated heterocycles. The van der Waals surface area contributed by atoms with Crippen molar-refractivity contribution in [2.45, 2.75) is 19.8 Å². The molecule has 1 rings (SSSR count). The molecule has 0 aliphatic carbocycles. The van der Waals surface area contributed by atoms with Gasteiger partial charge in [-0.15, -0.1) is 11.3 Å². The minimum Gasteiger partial charge on any atom is -0.394 e. The van der Waals surface area contributed by atoms with E-state index < -0.39 is 0 Å². The number of hydrogen-bond donors (Lipinski definition) is 3. The van der Waals surface area contributed by atoms with Crippen molar-refractivity contribution < 1.29 is 14.6 Å². The van der Waals surface area contributed by atoms with Gasteiger partial charge in [0, 0.05) is 23.7 Å². The van der Waals surface area contributed by atoms with Gasteiger partial charge in [0.15, 0.2) is 3.95 Å². The zero-order chi connectivity index (χ0) is 13.4. The third-order valence-corrected chi connectivity index (χ3v) is 3.60. The monoisotopic (exact) mass is 290 g/mol. The van der Waals surface area contributed by atoms with Crippen LogP contribution in [0.1, 0.15) is 17.0 Å². The summed E-state index contributed by atoms with van der Waals surface area (Å²) >= 11 is 6.45. The van der Waals surface area contributed by atoms with Gasteiger partial charge in [0.25, 0.3) is 0 Å². The lowest BCUT2D eigenvalue weighted by Gasteiger charge is -2.05. The molecule has 0 spiro atoms. The Hall–Kier alpha value is -0.760. The van der Waals surface area contributed by atoms with Crippen molar-refractivity contribution in [2.75, 3.05) is 26.4 Å². The molecule has 0 atom stereocenters. The summed E-state index contributed by atoms with van der Waals surface area (Å²) in [4.78, 5) is 15.6. The Bertz CT molecular complexity index is 428. The number of H-pyrrole nitrogens is 1. The Kier molecular flexibility index (Phi) is 7.11. The van der Waals surface area contributed by atoms with Crippen molar-refractivity contribution in [3.8, 4) is 0 Å². The molecule has 0 aliphatic heterocycles. The molecule has 0 saturated carbocycles. The van der Waals surface area contributed by atoms with Gasteiger partial charge in [-0.05, 0) is 25.6 Å². The Morgan fingerprint density at radius 3 is 2.94 bits per heavy atom. The summed E-state index contributed by atoms with van der Waals surface area (Å²) < 4.78 is 5.79. The van der Waals surface area contributed by atoms with Gasteiger partial charge in [0.2, 0.25) is 5.91 Å². The fourth-order valence-corrected chi connectivity index (χ4v) is 2.67. The second kappa shape index (κ2) is 8.36. The molecular formula is C11H18N2O3S2. The predicted molar refractivity (Wildman–Crippen MR) is 73.5 cm³/mol. The van der Waals surface area contributed by atoms with Gasteiger partial charge >= 0.3 is 0 Å². The Morgan fingerprint density at radius 1 is 1.56 bits per heavy atom. The summed E-state index contributed by atoms with van der Waals surface area (Å²) in [6.45, 7) is 3.42. The highest BCUT2D eigenvalue weighted by molar-refractivity contribution is 7.73. The van der Waals surface area contributed by atoms with Gasteiger partial charge in [0.1, 0.15) is 0 Å². The van der Waals surface area contributed by atoms with E-state index in [1.54, 1.807) is 0 Å². The Labute approximate surface area is 115 Å². The average Bonchev–Trinajstić information content (AvgIpc) is 2.62. The van der Waals surface area contributed by atoms with Crippen LogP contribution < -0.4 is 5.32 Å². The van der Waals surface area contributed by atoms with Crippen LogP contribution in [-0.4, -0.2) is 42.4 Å². The van der Waals surface area contributed by atoms with E-state index in [0.717, 1.165) is 17.0 Å². The zero-order valence-electron chi connectivity index (χ0n) is 10.3. The van der Waals surface area contributed by atoms with Crippen LogP contribution in [0.2, 0.25) is 0 Å². The third-order valence-electron chi connectivity index (χ3n) is 2.27. The second-order valence-electron chi connectivity index (χ2n) is 3.78. The van der Waals surface area contributed by atoms with Crippen LogP contribution in [0.15, 0.2) is 0 Å². The Balaban J connectivity index is 2.18. The van der Waals surface area contributed by atoms with E-state index in [-0.39, 0.29) is 12.5 Å². The van der Waals surface area contributed by atoms with Crippen molar-refractivity contribution in [1.29, 1.82) is 0 Å². The molecule has 3 N–H and O–H groups in total. The molecule has 1 aromatic rings. The minimum atomic E-state index is -0.00879. The molecule has 1 amide bonds. The number of carbonyl (C=O) groups is 1. The summed E-state index contributed by atoms with van der Waals surface area (Å²) in [5.41, 5.74) is 0.964. The highest BCUT2D eigenvalue weighted by Crippen LogP contribution is 2.14. The number of aromatic amines is 1. The molecule has 102 valence electrons. The van der Waals surface area contributed by atoms with Gasteiger partial charge < -0.3 is 20.1 Å². The van der Waals surface area contributed by atoms with Crippen LogP contribution in [-0.2, 0) is 16.0 Å². The molecule has 0 aromatic carbocycles. The summed E-state index contributed by atoms with van der Waals surface area (Å²) in [7, 11) is 0. The molecule has 0 bridgehead atoms. The lowest BCUT2D eigenvalue weighted by molar-refractivity contribution is -0.120. The largest absolute Gasteiger partial charge is 0.394 e. The summed E-state index contributed by atoms with van der Waals surface area (Å²) in [6, 6.07) is 0. The first-order valence-electron chi connectivity index (χ1n) is 5.77. The van der Waals surface area contributed by atoms with E-state index >= 15 is 0 Å². The maximum absolute atomic E-state index is 11.6. The second-order valence-corrected chi connectivity index (χ2v) is 5.55. The normalized spacial score (nSPS) is 10.6. The van der Waals surface area contributed by atoms with Crippen LogP contribution in [0, 0.1) is 10.9 Å². The number of amides is 1. The molecule has 1 heterocycles. The standard InChI is InChI=1S/C11H18N2O3S2/c1-8-9(18-11(17)13-8)7-10(15)12-3-2-5-16-6-4-14/h14H,2-7H2,1H3,(H,12,15)(H,13,17). The first kappa shape index (κ1) is 15.3. The van der Waals surface area contributed by atoms with E-state index in [0.29, 0.717) is 30.1 Å². The zero-order valence-corrected chi connectivity index (χ0v) is 12.0. The van der Waals surface area contributed by atoms with Crippen LogP contribution in [0.4, 0.5) is 0 Å². The topological polar surface area (TPSA) is 74.4 Å². The van der Waals surface area contributed by atoms with Crippen LogP contribution >= 0.6 is 23.6 Å². The summed E-state index contributed by atoms with van der Waals surface area (Å²) in [6.07, 6.45) is 1.11. The average molecular weight is 290 g/mol. The van der Waals surface area contributed by atoms with Crippen molar-refractivity contribution >= 4 is 29.5 Å². The number of aliphatic hydroxyl groups is 1. The van der Waals surface area contributed by atoms with E-state index in [1.807, 2.05) is 6.92 Å². The molecule has 1 aromatic heterocycles. The molecule has 0 fully saturated rings. The number of hydrogen-bond acceptors (Lipinski definition) is 5. The van der Waals surface area contributed by atoms with Crippen LogP contribution in [0.25, 0.3) is 0 Å². The number of ether oxygens (including phenoxy) is 1. The van der Waals surface area contributed by atoms with Crippen LogP contribution in [0.3, 0.4) is 0 Å². The van der Waals surface area contributed by atoms with E-state index in [2.05, 4.69) is 10.3 Å². The third kappa shape index (κ3) is 5.72. The molecule has 0 aliphatic rings. The number of carbonyl (C=O) groups excluding carboxylic acids is 1. The van der Waals surface area contributed by atoms with E-state index in [9.17, 15) is 4.79 Å². The quantitative estimate of drug-likeness (QED) is 0.496. The van der Waals surface area contributed by atoms with Gasteiger partial charge in [0.05, 0.1) is 19.6 Å². The SMILES string of the molecule is Cc1[nH]c(=S)sc1CC(=O)NCCCOCCO. The van der Waals surface area contributed by atoms with Crippen molar-refractivity contribution in [3.05, 3.63) is 14.5 Å². The lowest BCUT2D eigenvalue weighted by Crippen LogP contribution is -2.26. The highest BCUT2D eigenvalue weighted by atomic mass is 32.1. The van der Waals surface area contributed by atoms with E-state index in [4.69, 9.17) is 22.1 Å². The number of thiazole rings is 1. The number of aromatic nitrogens is 1. The van der Waals surface area contributed by atoms with Crippen LogP contribution in [0.5, 0.6) is 0 Å². The molecule has 0 unspecified atom stereocenters. The van der Waals surface area contributed by atoms with Gasteiger partial charge in [-0.1, -0.05) is 0 Å². The van der Waals surface area contributed by atoms with Crippen molar-refractivity contribution in [3.63, 3.8) is 0 Å². The molecule has 0 radical (unpaired) electrons. The first-order valence-corrected chi connectivity index (χ1v) is 7.00. The van der Waals surface area contributed by atoms with Gasteiger partial charge in [-0.25, -0.2) is 0 Å². The summed E-state index contributed by atoms with van der Waals surface area (Å²) in [5, 5.41) is 11.3. The predicted octanol–water partition coefficient (Wildman–Crippen LogP) is 1.17. The number of nitrogens with one attached hydrogen (secondary N) is 2. The molecule has 18 heavy (non-hydrogen) atoms. The van der Waals surface area contributed by atoms with Crippen molar-refractivity contribution in [1.82, 2.24) is 10.3 Å². The van der Waals surface area contributed by atoms with Gasteiger partial charge in [-0.2, -0.15) is 0 Å². The number of aryl methyl sites for hydroxylation is 1. The lowest BCUT2D eigenvalue weighted by atomic mass is 10.3. The highest BCUT2D eigenvalue weighted by Gasteiger charge is 2.07. The summed E-state index contributed by atoms with van der Waals surface area (Å²) in [5.74, 6) is -0.00879. The minimum absolute atomic E-state index is 0.00879. The Morgan fingerprint density at radius 2 is 2.33 bits per heavy atom. The molecule has 7 heteroatoms. The fourth-order valence-electron chi connectivity index (χ4n) is 1.38. The maximum Gasteiger partial charge on any atom is 0.225 e. The number of rotatable bonds is 8. The maximum atomic E-state index is 11.6. The fraction of sp³-hybridized carbons (Fsp3) is 0.636. The van der Waals surface area contributed by atoms with Crippen molar-refractivity contribution in [2.24, 2.45) is 0 Å². The number of aliphatic hydroxyl groups excluding tert-OH is 1.